The van der Waals surface area contributed by atoms with Gasteiger partial charge < -0.3 is 20.1 Å². The lowest BCUT2D eigenvalue weighted by Crippen LogP contribution is -2.29. The van der Waals surface area contributed by atoms with Gasteiger partial charge in [-0.1, -0.05) is 359 Å². The molecule has 3 N–H and O–H groups in total. The molecule has 0 bridgehead atoms. The van der Waals surface area contributed by atoms with E-state index in [1.54, 1.807) is 0 Å². The first-order chi connectivity index (χ1) is 41.8. The molecule has 2 unspecified atom stereocenters. The number of esters is 2. The van der Waals surface area contributed by atoms with E-state index >= 15 is 0 Å². The fourth-order valence-electron chi connectivity index (χ4n) is 11.7. The minimum atomic E-state index is -4.39. The Labute approximate surface area is 529 Å². The van der Waals surface area contributed by atoms with Gasteiger partial charge >= 0.3 is 19.8 Å². The predicted molar refractivity (Wildman–Crippen MR) is 368 cm³/mol. The molecule has 0 aromatic heterocycles. The number of unbranched alkanes of at least 4 members (excludes halogenated alkanes) is 56. The van der Waals surface area contributed by atoms with E-state index in [2.05, 4.69) is 38.2 Å². The third-order valence-corrected chi connectivity index (χ3v) is 18.3. The number of allylic oxidation sites excluding steroid dienone is 4. The first kappa shape index (κ1) is 83.5. The molecule has 2 atom stereocenters. The van der Waals surface area contributed by atoms with E-state index in [9.17, 15) is 19.0 Å². The van der Waals surface area contributed by atoms with E-state index in [0.717, 1.165) is 32.1 Å². The van der Waals surface area contributed by atoms with E-state index in [1.807, 2.05) is 0 Å². The standard InChI is InChI=1S/C75H146NO8P/c1-3-5-7-9-11-13-15-17-19-21-23-25-27-29-31-33-35-36-38-40-42-44-46-48-50-52-54-56-58-60-62-64-66-68-75(78)84-73(72-83-85(79,80)82-70-69-76)71-81-74(77)67-65-63-61-59-57-55-53-51-49-47-45-43-41-39-37-34-32-30-28-26-24-22-20-18-16-14-12-10-8-6-4-2/h21-24,73H,3-20,25-72,76H2,1-2H3,(H,79,80)/b23-21-,24-22-. The monoisotopic (exact) mass is 1220 g/mol. The minimum absolute atomic E-state index is 0.0571. The fraction of sp³-hybridized carbons (Fsp3) is 0.920. The van der Waals surface area contributed by atoms with Crippen LogP contribution in [0.3, 0.4) is 0 Å². The normalized spacial score (nSPS) is 12.9. The Hall–Kier alpha value is -1.51. The molecule has 0 aromatic carbocycles. The summed E-state index contributed by atoms with van der Waals surface area (Å²) >= 11 is 0. The van der Waals surface area contributed by atoms with Crippen LogP contribution in [-0.4, -0.2) is 49.3 Å². The quantitative estimate of drug-likeness (QED) is 0.0264. The molecule has 0 aliphatic carbocycles. The molecule has 0 rings (SSSR count). The number of carbonyl (C=O) groups is 2. The Morgan fingerprint density at radius 1 is 0.341 bits per heavy atom. The lowest BCUT2D eigenvalue weighted by atomic mass is 10.0. The maximum Gasteiger partial charge on any atom is 0.472 e. The number of phosphoric ester groups is 1. The van der Waals surface area contributed by atoms with Gasteiger partial charge in [-0.05, 0) is 64.2 Å². The minimum Gasteiger partial charge on any atom is -0.462 e. The van der Waals surface area contributed by atoms with Crippen LogP contribution in [0.5, 0.6) is 0 Å². The number of carbonyl (C=O) groups excluding carboxylic acids is 2. The molecule has 0 saturated carbocycles. The molecule has 0 amide bonds. The largest absolute Gasteiger partial charge is 0.472 e. The summed E-state index contributed by atoms with van der Waals surface area (Å²) in [7, 11) is -4.39. The lowest BCUT2D eigenvalue weighted by Gasteiger charge is -2.19. The zero-order valence-electron chi connectivity index (χ0n) is 56.9. The molecule has 85 heavy (non-hydrogen) atoms. The molecule has 0 spiro atoms. The first-order valence-corrected chi connectivity index (χ1v) is 39.3. The zero-order chi connectivity index (χ0) is 61.6. The van der Waals surface area contributed by atoms with Crippen molar-refractivity contribution < 1.29 is 37.6 Å². The van der Waals surface area contributed by atoms with Gasteiger partial charge in [-0.3, -0.25) is 18.6 Å². The number of rotatable bonds is 73. The van der Waals surface area contributed by atoms with Crippen molar-refractivity contribution in [2.45, 2.75) is 418 Å². The predicted octanol–water partition coefficient (Wildman–Crippen LogP) is 24.9. The number of hydrogen-bond acceptors (Lipinski definition) is 8. The highest BCUT2D eigenvalue weighted by molar-refractivity contribution is 7.47. The lowest BCUT2D eigenvalue weighted by molar-refractivity contribution is -0.161. The summed E-state index contributed by atoms with van der Waals surface area (Å²) in [5, 5.41) is 0. The Morgan fingerprint density at radius 3 is 0.835 bits per heavy atom. The zero-order valence-corrected chi connectivity index (χ0v) is 57.8. The van der Waals surface area contributed by atoms with E-state index in [-0.39, 0.29) is 38.6 Å². The van der Waals surface area contributed by atoms with Crippen molar-refractivity contribution in [1.29, 1.82) is 0 Å². The van der Waals surface area contributed by atoms with Gasteiger partial charge in [-0.25, -0.2) is 4.57 Å². The third-order valence-electron chi connectivity index (χ3n) is 17.3. The van der Waals surface area contributed by atoms with Crippen molar-refractivity contribution in [2.24, 2.45) is 5.73 Å². The highest BCUT2D eigenvalue weighted by Gasteiger charge is 2.26. The summed E-state index contributed by atoms with van der Waals surface area (Å²) in [6.45, 7) is 3.83. The Balaban J connectivity index is 3.78. The number of ether oxygens (including phenoxy) is 2. The van der Waals surface area contributed by atoms with Gasteiger partial charge in [0.25, 0.3) is 0 Å². The summed E-state index contributed by atoms with van der Waals surface area (Å²) in [4.78, 5) is 35.4. The van der Waals surface area contributed by atoms with Crippen molar-refractivity contribution in [3.63, 3.8) is 0 Å². The van der Waals surface area contributed by atoms with E-state index in [0.29, 0.717) is 6.42 Å². The second-order valence-corrected chi connectivity index (χ2v) is 27.3. The van der Waals surface area contributed by atoms with Crippen LogP contribution in [0.15, 0.2) is 24.3 Å². The van der Waals surface area contributed by atoms with Crippen molar-refractivity contribution in [3.8, 4) is 0 Å². The maximum absolute atomic E-state index is 12.8. The molecule has 0 heterocycles. The molecule has 504 valence electrons. The summed E-state index contributed by atoms with van der Waals surface area (Å²) in [5.41, 5.74) is 5.41. The van der Waals surface area contributed by atoms with Crippen LogP contribution < -0.4 is 5.73 Å². The van der Waals surface area contributed by atoms with E-state index < -0.39 is 26.5 Å². The third kappa shape index (κ3) is 71.4. The summed E-state index contributed by atoms with van der Waals surface area (Å²) < 4.78 is 33.2. The van der Waals surface area contributed by atoms with Crippen LogP contribution >= 0.6 is 7.82 Å². The number of hydrogen-bond donors (Lipinski definition) is 2. The van der Waals surface area contributed by atoms with Crippen LogP contribution in [-0.2, 0) is 32.7 Å². The van der Waals surface area contributed by atoms with Gasteiger partial charge in [0.2, 0.25) is 0 Å². The highest BCUT2D eigenvalue weighted by Crippen LogP contribution is 2.43. The van der Waals surface area contributed by atoms with Gasteiger partial charge in [0.05, 0.1) is 13.2 Å². The van der Waals surface area contributed by atoms with Crippen LogP contribution in [0, 0.1) is 0 Å². The highest BCUT2D eigenvalue weighted by atomic mass is 31.2. The van der Waals surface area contributed by atoms with Crippen molar-refractivity contribution in [3.05, 3.63) is 24.3 Å². The van der Waals surface area contributed by atoms with Gasteiger partial charge in [0.1, 0.15) is 6.61 Å². The molecular formula is C75H146NO8P. The van der Waals surface area contributed by atoms with Crippen molar-refractivity contribution in [2.75, 3.05) is 26.4 Å². The average Bonchev–Trinajstić information content (AvgIpc) is 3.52. The van der Waals surface area contributed by atoms with E-state index in [4.69, 9.17) is 24.3 Å². The van der Waals surface area contributed by atoms with Gasteiger partial charge in [0, 0.05) is 19.4 Å². The molecule has 0 aliphatic heterocycles. The fourth-order valence-corrected chi connectivity index (χ4v) is 12.5. The van der Waals surface area contributed by atoms with Crippen LogP contribution in [0.25, 0.3) is 0 Å². The van der Waals surface area contributed by atoms with Crippen LogP contribution in [0.4, 0.5) is 0 Å². The van der Waals surface area contributed by atoms with Gasteiger partial charge in [-0.2, -0.15) is 0 Å². The molecule has 10 heteroatoms. The average molecular weight is 1220 g/mol. The number of nitrogens with two attached hydrogens (primary N) is 1. The van der Waals surface area contributed by atoms with E-state index in [1.165, 1.54) is 347 Å². The maximum atomic E-state index is 12.8. The molecule has 9 nitrogen and oxygen atoms in total. The van der Waals surface area contributed by atoms with Gasteiger partial charge in [-0.15, -0.1) is 0 Å². The molecule has 0 saturated heterocycles. The molecule has 0 aliphatic rings. The number of phosphoric acid groups is 1. The summed E-state index contributed by atoms with van der Waals surface area (Å²) in [5.74, 6) is -0.800. The van der Waals surface area contributed by atoms with Gasteiger partial charge in [0.15, 0.2) is 6.10 Å². The molecule has 0 aromatic rings. The first-order valence-electron chi connectivity index (χ1n) is 37.8. The molecule has 0 radical (unpaired) electrons. The van der Waals surface area contributed by atoms with Crippen molar-refractivity contribution in [1.82, 2.24) is 0 Å². The Bertz CT molecular complexity index is 1440. The van der Waals surface area contributed by atoms with Crippen LogP contribution in [0.2, 0.25) is 0 Å². The second kappa shape index (κ2) is 71.6. The second-order valence-electron chi connectivity index (χ2n) is 25.9. The smallest absolute Gasteiger partial charge is 0.462 e. The SMILES string of the molecule is CCCCCCCCCC/C=C\CCCCCCCCCCCCCCCCCCCCCCCC(=O)OC(COC(=O)CCCCCCCCCCCCCCCCCCCCC/C=C\CCCCCCCCCC)COP(=O)(O)OCCN. The Morgan fingerprint density at radius 2 is 0.576 bits per heavy atom. The van der Waals surface area contributed by atoms with Crippen LogP contribution in [0.1, 0.15) is 412 Å². The Kier molecular flexibility index (Phi) is 70.3. The molecule has 0 fully saturated rings. The topological polar surface area (TPSA) is 134 Å². The molecular weight excluding hydrogens is 1070 g/mol. The summed E-state index contributed by atoms with van der Waals surface area (Å²) in [6, 6.07) is 0. The summed E-state index contributed by atoms with van der Waals surface area (Å²) in [6.07, 6.45) is 88.8. The van der Waals surface area contributed by atoms with Crippen molar-refractivity contribution >= 4 is 19.8 Å².